The third-order valence-electron chi connectivity index (χ3n) is 4.56. The highest BCUT2D eigenvalue weighted by Crippen LogP contribution is 2.30. The number of aliphatic imine (C=N–C) groups is 1. The highest BCUT2D eigenvalue weighted by molar-refractivity contribution is 9.10. The van der Waals surface area contributed by atoms with Gasteiger partial charge in [0.1, 0.15) is 5.49 Å². The molecule has 146 valence electrons. The van der Waals surface area contributed by atoms with Crippen molar-refractivity contribution in [2.24, 2.45) is 4.99 Å². The van der Waals surface area contributed by atoms with Crippen LogP contribution in [0.1, 0.15) is 45.4 Å². The van der Waals surface area contributed by atoms with E-state index in [0.29, 0.717) is 5.49 Å². The Hall–Kier alpha value is -1.44. The predicted molar refractivity (Wildman–Crippen MR) is 118 cm³/mol. The summed E-state index contributed by atoms with van der Waals surface area (Å²) in [5.74, 6) is 0.721. The van der Waals surface area contributed by atoms with Crippen molar-refractivity contribution in [1.29, 1.82) is 5.41 Å². The van der Waals surface area contributed by atoms with Crippen LogP contribution in [0.25, 0.3) is 0 Å². The summed E-state index contributed by atoms with van der Waals surface area (Å²) in [5.41, 5.74) is 1.47. The maximum Gasteiger partial charge on any atom is 0.218 e. The number of anilines is 1. The van der Waals surface area contributed by atoms with Crippen molar-refractivity contribution in [2.45, 2.75) is 64.6 Å². The molecule has 1 aromatic heterocycles. The number of aryl methyl sites for hydroxylation is 1. The lowest BCUT2D eigenvalue weighted by Gasteiger charge is -2.45. The van der Waals surface area contributed by atoms with E-state index in [1.165, 1.54) is 0 Å². The van der Waals surface area contributed by atoms with Gasteiger partial charge in [0.2, 0.25) is 5.96 Å². The van der Waals surface area contributed by atoms with Gasteiger partial charge in [-0.05, 0) is 77.8 Å². The van der Waals surface area contributed by atoms with Crippen LogP contribution < -0.4 is 16.1 Å². The SMILES string of the molecule is Cc1cc(=N)n(C(=NC2CC(C)(C)NC(C)(C)C2)Nc2ccc(Br)cc2)s1. The summed E-state index contributed by atoms with van der Waals surface area (Å²) in [6, 6.07) is 10.1. The molecule has 0 radical (unpaired) electrons. The van der Waals surface area contributed by atoms with Crippen LogP contribution in [-0.2, 0) is 0 Å². The molecule has 3 N–H and O–H groups in total. The van der Waals surface area contributed by atoms with Crippen LogP contribution in [0, 0.1) is 12.3 Å². The summed E-state index contributed by atoms with van der Waals surface area (Å²) >= 11 is 5.02. The molecule has 1 aliphatic rings. The highest BCUT2D eigenvalue weighted by atomic mass is 79.9. The summed E-state index contributed by atoms with van der Waals surface area (Å²) < 4.78 is 2.91. The molecule has 0 bridgehead atoms. The second-order valence-corrected chi connectivity index (χ2v) is 10.7. The largest absolute Gasteiger partial charge is 0.325 e. The van der Waals surface area contributed by atoms with Crippen molar-refractivity contribution in [2.75, 3.05) is 5.32 Å². The third kappa shape index (κ3) is 5.30. The van der Waals surface area contributed by atoms with Gasteiger partial charge in [0, 0.05) is 26.1 Å². The highest BCUT2D eigenvalue weighted by Gasteiger charge is 2.37. The van der Waals surface area contributed by atoms with Gasteiger partial charge in [-0.15, -0.1) is 0 Å². The van der Waals surface area contributed by atoms with E-state index in [-0.39, 0.29) is 17.1 Å². The van der Waals surface area contributed by atoms with Crippen LogP contribution in [0.2, 0.25) is 0 Å². The number of halogens is 1. The zero-order valence-corrected chi connectivity index (χ0v) is 19.0. The molecule has 0 saturated carbocycles. The van der Waals surface area contributed by atoms with Crippen LogP contribution in [0.15, 0.2) is 39.8 Å². The number of nitrogens with one attached hydrogen (secondary N) is 3. The van der Waals surface area contributed by atoms with Gasteiger partial charge in [0.25, 0.3) is 0 Å². The Bertz CT molecular complexity index is 876. The van der Waals surface area contributed by atoms with E-state index >= 15 is 0 Å². The lowest BCUT2D eigenvalue weighted by atomic mass is 9.80. The number of benzene rings is 1. The topological polar surface area (TPSA) is 65.2 Å². The first-order chi connectivity index (χ1) is 12.5. The van der Waals surface area contributed by atoms with Crippen molar-refractivity contribution in [1.82, 2.24) is 9.27 Å². The molecule has 1 fully saturated rings. The summed E-state index contributed by atoms with van der Waals surface area (Å²) in [6.45, 7) is 11.0. The van der Waals surface area contributed by atoms with Crippen molar-refractivity contribution in [3.05, 3.63) is 45.2 Å². The molecule has 27 heavy (non-hydrogen) atoms. The summed E-state index contributed by atoms with van der Waals surface area (Å²) in [6.07, 6.45) is 1.92. The zero-order chi connectivity index (χ0) is 19.8. The van der Waals surface area contributed by atoms with E-state index in [2.05, 4.69) is 54.3 Å². The van der Waals surface area contributed by atoms with Crippen molar-refractivity contribution in [3.63, 3.8) is 0 Å². The van der Waals surface area contributed by atoms with E-state index in [0.717, 1.165) is 33.8 Å². The molecule has 0 atom stereocenters. The van der Waals surface area contributed by atoms with E-state index in [1.54, 1.807) is 11.5 Å². The quantitative estimate of drug-likeness (QED) is 0.458. The molecule has 2 aromatic rings. The Balaban J connectivity index is 1.98. The molecule has 7 heteroatoms. The second kappa shape index (κ2) is 7.53. The van der Waals surface area contributed by atoms with Gasteiger partial charge in [-0.25, -0.2) is 8.95 Å². The first-order valence-corrected chi connectivity index (χ1v) is 10.7. The van der Waals surface area contributed by atoms with Crippen LogP contribution in [0.3, 0.4) is 0 Å². The minimum absolute atomic E-state index is 0.0263. The Morgan fingerprint density at radius 3 is 2.33 bits per heavy atom. The van der Waals surface area contributed by atoms with Gasteiger partial charge in [-0.3, -0.25) is 5.41 Å². The van der Waals surface area contributed by atoms with Crippen molar-refractivity contribution < 1.29 is 0 Å². The van der Waals surface area contributed by atoms with Gasteiger partial charge < -0.3 is 10.6 Å². The molecule has 0 unspecified atom stereocenters. The molecule has 5 nitrogen and oxygen atoms in total. The lowest BCUT2D eigenvalue weighted by Crippen LogP contribution is -2.59. The van der Waals surface area contributed by atoms with Gasteiger partial charge in [-0.2, -0.15) is 0 Å². The normalized spacial score (nSPS) is 19.9. The van der Waals surface area contributed by atoms with Gasteiger partial charge in [-0.1, -0.05) is 27.5 Å². The molecule has 3 rings (SSSR count). The molecule has 0 aliphatic carbocycles. The van der Waals surface area contributed by atoms with Crippen molar-refractivity contribution >= 4 is 39.1 Å². The fourth-order valence-electron chi connectivity index (χ4n) is 3.96. The van der Waals surface area contributed by atoms with Crippen LogP contribution in [0.5, 0.6) is 0 Å². The minimum Gasteiger partial charge on any atom is -0.325 e. The van der Waals surface area contributed by atoms with Crippen LogP contribution in [0.4, 0.5) is 5.69 Å². The lowest BCUT2D eigenvalue weighted by molar-refractivity contribution is 0.164. The molecule has 1 aromatic carbocycles. The number of nitrogens with zero attached hydrogens (tertiary/aromatic N) is 2. The summed E-state index contributed by atoms with van der Waals surface area (Å²) in [5, 5.41) is 15.5. The van der Waals surface area contributed by atoms with E-state index in [4.69, 9.17) is 10.4 Å². The van der Waals surface area contributed by atoms with Crippen LogP contribution in [-0.4, -0.2) is 27.0 Å². The van der Waals surface area contributed by atoms with Gasteiger partial charge in [0.05, 0.1) is 6.04 Å². The molecule has 0 amide bonds. The number of aromatic nitrogens is 1. The van der Waals surface area contributed by atoms with Crippen molar-refractivity contribution in [3.8, 4) is 0 Å². The maximum absolute atomic E-state index is 8.33. The second-order valence-electron chi connectivity index (χ2n) is 8.57. The fraction of sp³-hybridized carbons (Fsp3) is 0.500. The average molecular weight is 450 g/mol. The fourth-order valence-corrected chi connectivity index (χ4v) is 5.01. The Kier molecular flexibility index (Phi) is 5.66. The Labute approximate surface area is 173 Å². The Morgan fingerprint density at radius 2 is 1.81 bits per heavy atom. The minimum atomic E-state index is 0.0263. The molecule has 0 spiro atoms. The van der Waals surface area contributed by atoms with E-state index < -0.39 is 0 Å². The first-order valence-electron chi connectivity index (χ1n) is 9.18. The Morgan fingerprint density at radius 1 is 1.22 bits per heavy atom. The van der Waals surface area contributed by atoms with E-state index in [9.17, 15) is 0 Å². The smallest absolute Gasteiger partial charge is 0.218 e. The first kappa shape index (κ1) is 20.3. The monoisotopic (exact) mass is 449 g/mol. The molecule has 1 saturated heterocycles. The van der Waals surface area contributed by atoms with Gasteiger partial charge in [0.15, 0.2) is 0 Å². The maximum atomic E-state index is 8.33. The van der Waals surface area contributed by atoms with E-state index in [1.807, 2.05) is 41.2 Å². The number of piperidine rings is 1. The number of hydrogen-bond donors (Lipinski definition) is 3. The van der Waals surface area contributed by atoms with Crippen LogP contribution >= 0.6 is 27.5 Å². The summed E-state index contributed by atoms with van der Waals surface area (Å²) in [4.78, 5) is 6.19. The molecule has 1 aliphatic heterocycles. The standard InChI is InChI=1S/C20H28BrN5S/c1-13-10-17(22)26(27-13)18(23-15-8-6-14(21)7-9-15)24-16-11-19(2,3)25-20(4,5)12-16/h6-10,16,22,25H,11-12H2,1-5H3,(H,23,24). The predicted octanol–water partition coefficient (Wildman–Crippen LogP) is 4.73. The number of hydrogen-bond acceptors (Lipinski definition) is 4. The number of rotatable bonds is 2. The molecular weight excluding hydrogens is 422 g/mol. The molecular formula is C20H28BrN5S. The average Bonchev–Trinajstić information content (AvgIpc) is 2.84. The summed E-state index contributed by atoms with van der Waals surface area (Å²) in [7, 11) is 0. The zero-order valence-electron chi connectivity index (χ0n) is 16.6. The van der Waals surface area contributed by atoms with Gasteiger partial charge >= 0.3 is 0 Å². The third-order valence-corrected chi connectivity index (χ3v) is 6.05. The molecule has 2 heterocycles.